The van der Waals surface area contributed by atoms with E-state index in [1.807, 2.05) is 13.8 Å². The van der Waals surface area contributed by atoms with Crippen molar-refractivity contribution in [3.05, 3.63) is 35.4 Å². The molecule has 0 saturated heterocycles. The van der Waals surface area contributed by atoms with E-state index < -0.39 is 23.3 Å². The van der Waals surface area contributed by atoms with Crippen LogP contribution in [0.1, 0.15) is 44.2 Å². The fourth-order valence-corrected chi connectivity index (χ4v) is 1.87. The molecule has 0 aliphatic carbocycles. The molecule has 1 unspecified atom stereocenters. The van der Waals surface area contributed by atoms with Crippen LogP contribution in [0.2, 0.25) is 0 Å². The smallest absolute Gasteiger partial charge is 0.170 e. The van der Waals surface area contributed by atoms with Gasteiger partial charge >= 0.3 is 12.4 Å². The zero-order valence-corrected chi connectivity index (χ0v) is 11.4. The van der Waals surface area contributed by atoms with Gasteiger partial charge < -0.3 is 0 Å². The van der Waals surface area contributed by atoms with Crippen molar-refractivity contribution in [2.45, 2.75) is 50.9 Å². The van der Waals surface area contributed by atoms with Crippen LogP contribution < -0.4 is 0 Å². The summed E-state index contributed by atoms with van der Waals surface area (Å²) >= 11 is 0. The Balaban J connectivity index is 3.31. The molecule has 0 N–H and O–H groups in total. The largest absolute Gasteiger partial charge is 0.406 e. The number of hydrogen-bond acceptors (Lipinski definition) is 0. The Bertz CT molecular complexity index is 426. The second kappa shape index (κ2) is 5.30. The maximum atomic E-state index is 12.9. The molecule has 6 heteroatoms. The summed E-state index contributed by atoms with van der Waals surface area (Å²) in [6, 6.07) is 4.50. The number of alkyl halides is 6. The van der Waals surface area contributed by atoms with Gasteiger partial charge in [-0.15, -0.1) is 0 Å². The minimum Gasteiger partial charge on any atom is -0.170 e. The molecule has 1 rings (SSSR count). The molecular formula is C14H16F6. The summed E-state index contributed by atoms with van der Waals surface area (Å²) in [5, 5.41) is 0. The average molecular weight is 298 g/mol. The lowest BCUT2D eigenvalue weighted by molar-refractivity contribution is -0.297. The van der Waals surface area contributed by atoms with Crippen LogP contribution in [0.15, 0.2) is 24.3 Å². The zero-order valence-electron chi connectivity index (χ0n) is 11.4. The fourth-order valence-electron chi connectivity index (χ4n) is 1.87. The van der Waals surface area contributed by atoms with E-state index in [9.17, 15) is 26.3 Å². The third-order valence-electron chi connectivity index (χ3n) is 3.80. The second-order valence-electron chi connectivity index (χ2n) is 5.05. The van der Waals surface area contributed by atoms with Crippen molar-refractivity contribution in [2.24, 2.45) is 0 Å². The van der Waals surface area contributed by atoms with Crippen LogP contribution in [0.5, 0.6) is 0 Å². The van der Waals surface area contributed by atoms with Gasteiger partial charge in [0.15, 0.2) is 5.41 Å². The maximum Gasteiger partial charge on any atom is 0.406 e. The van der Waals surface area contributed by atoms with E-state index in [1.54, 1.807) is 0 Å². The van der Waals surface area contributed by atoms with Crippen molar-refractivity contribution < 1.29 is 26.3 Å². The summed E-state index contributed by atoms with van der Waals surface area (Å²) in [4.78, 5) is 0. The van der Waals surface area contributed by atoms with Crippen LogP contribution >= 0.6 is 0 Å². The van der Waals surface area contributed by atoms with Crippen molar-refractivity contribution in [3.63, 3.8) is 0 Å². The van der Waals surface area contributed by atoms with Gasteiger partial charge in [-0.3, -0.25) is 0 Å². The topological polar surface area (TPSA) is 0 Å². The van der Waals surface area contributed by atoms with Crippen LogP contribution in [0.25, 0.3) is 0 Å². The number of rotatable bonds is 3. The molecule has 0 fully saturated rings. The molecule has 0 aromatic heterocycles. The fraction of sp³-hybridized carbons (Fsp3) is 0.571. The van der Waals surface area contributed by atoms with Crippen molar-refractivity contribution in [1.82, 2.24) is 0 Å². The molecule has 0 radical (unpaired) electrons. The summed E-state index contributed by atoms with van der Waals surface area (Å²) in [5.74, 6) is 0.0899. The number of halogens is 6. The first-order valence-electron chi connectivity index (χ1n) is 6.19. The highest BCUT2D eigenvalue weighted by atomic mass is 19.4. The Morgan fingerprint density at radius 1 is 0.900 bits per heavy atom. The van der Waals surface area contributed by atoms with Crippen LogP contribution in [-0.2, 0) is 5.41 Å². The van der Waals surface area contributed by atoms with Gasteiger partial charge in [0.2, 0.25) is 0 Å². The Hall–Kier alpha value is -1.20. The molecule has 0 nitrogen and oxygen atoms in total. The first-order valence-corrected chi connectivity index (χ1v) is 6.19. The summed E-state index contributed by atoms with van der Waals surface area (Å²) < 4.78 is 77.3. The van der Waals surface area contributed by atoms with E-state index in [0.717, 1.165) is 24.1 Å². The molecule has 0 heterocycles. The van der Waals surface area contributed by atoms with Crippen LogP contribution in [0.4, 0.5) is 26.3 Å². The highest BCUT2D eigenvalue weighted by molar-refractivity contribution is 5.33. The lowest BCUT2D eigenvalue weighted by Gasteiger charge is -2.34. The minimum atomic E-state index is -5.40. The van der Waals surface area contributed by atoms with Gasteiger partial charge in [0.05, 0.1) is 0 Å². The van der Waals surface area contributed by atoms with Crippen molar-refractivity contribution >= 4 is 0 Å². The van der Waals surface area contributed by atoms with Gasteiger partial charge in [-0.25, -0.2) is 0 Å². The van der Waals surface area contributed by atoms with E-state index in [-0.39, 0.29) is 12.8 Å². The second-order valence-corrected chi connectivity index (χ2v) is 5.05. The normalized spacial score (nSPS) is 15.2. The summed E-state index contributed by atoms with van der Waals surface area (Å²) in [5.41, 5.74) is -3.92. The first-order chi connectivity index (χ1) is 8.95. The van der Waals surface area contributed by atoms with Crippen LogP contribution in [-0.4, -0.2) is 12.4 Å². The van der Waals surface area contributed by atoms with Gasteiger partial charge in [0.25, 0.3) is 0 Å². The number of benzene rings is 1. The highest BCUT2D eigenvalue weighted by Gasteiger charge is 2.68. The quantitative estimate of drug-likeness (QED) is 0.639. The van der Waals surface area contributed by atoms with Gasteiger partial charge in [0.1, 0.15) is 0 Å². The van der Waals surface area contributed by atoms with E-state index in [1.165, 1.54) is 12.1 Å². The zero-order chi connectivity index (χ0) is 15.8. The van der Waals surface area contributed by atoms with Crippen LogP contribution in [0, 0.1) is 0 Å². The van der Waals surface area contributed by atoms with Gasteiger partial charge in [0, 0.05) is 0 Å². The van der Waals surface area contributed by atoms with E-state index in [0.29, 0.717) is 0 Å². The lowest BCUT2D eigenvalue weighted by atomic mass is 9.80. The molecule has 1 aromatic carbocycles. The van der Waals surface area contributed by atoms with Gasteiger partial charge in [-0.2, -0.15) is 26.3 Å². The van der Waals surface area contributed by atoms with Crippen molar-refractivity contribution in [1.29, 1.82) is 0 Å². The molecule has 0 aliphatic rings. The van der Waals surface area contributed by atoms with Crippen molar-refractivity contribution in [2.75, 3.05) is 0 Å². The Labute approximate surface area is 113 Å². The SMILES string of the molecule is CCC(C)c1ccc(C(C)(C(F)(F)F)C(F)(F)F)cc1. The Morgan fingerprint density at radius 2 is 1.30 bits per heavy atom. The van der Waals surface area contributed by atoms with Crippen molar-refractivity contribution in [3.8, 4) is 0 Å². The van der Waals surface area contributed by atoms with Gasteiger partial charge in [-0.1, -0.05) is 38.1 Å². The van der Waals surface area contributed by atoms with E-state index >= 15 is 0 Å². The third kappa shape index (κ3) is 2.79. The predicted molar refractivity (Wildman–Crippen MR) is 64.6 cm³/mol. The van der Waals surface area contributed by atoms with Gasteiger partial charge in [-0.05, 0) is 30.4 Å². The predicted octanol–water partition coefficient (Wildman–Crippen LogP) is 5.58. The Morgan fingerprint density at radius 3 is 1.60 bits per heavy atom. The third-order valence-corrected chi connectivity index (χ3v) is 3.80. The first kappa shape index (κ1) is 16.9. The average Bonchev–Trinajstić information content (AvgIpc) is 2.34. The highest BCUT2D eigenvalue weighted by Crippen LogP contribution is 2.51. The lowest BCUT2D eigenvalue weighted by Crippen LogP contribution is -2.51. The Kier molecular flexibility index (Phi) is 4.46. The molecule has 0 bridgehead atoms. The summed E-state index contributed by atoms with van der Waals surface area (Å²) in [6.07, 6.45) is -10.0. The molecule has 0 amide bonds. The summed E-state index contributed by atoms with van der Waals surface area (Å²) in [7, 11) is 0. The molecule has 1 atom stereocenters. The van der Waals surface area contributed by atoms with Crippen LogP contribution in [0.3, 0.4) is 0 Å². The monoisotopic (exact) mass is 298 g/mol. The summed E-state index contributed by atoms with van der Waals surface area (Å²) in [6.45, 7) is 3.93. The molecule has 0 spiro atoms. The molecule has 20 heavy (non-hydrogen) atoms. The standard InChI is InChI=1S/C14H16F6/c1-4-9(2)10-5-7-11(8-6-10)12(3,13(15,16)17)14(18,19)20/h5-9H,4H2,1-3H3. The maximum absolute atomic E-state index is 12.9. The molecule has 0 aliphatic heterocycles. The van der Waals surface area contributed by atoms with E-state index in [2.05, 4.69) is 0 Å². The number of hydrogen-bond donors (Lipinski definition) is 0. The minimum absolute atomic E-state index is 0.0899. The van der Waals surface area contributed by atoms with E-state index in [4.69, 9.17) is 0 Å². The molecular weight excluding hydrogens is 282 g/mol. The molecule has 114 valence electrons. The molecule has 0 saturated carbocycles. The molecule has 1 aromatic rings.